The number of aromatic nitrogens is 2. The highest BCUT2D eigenvalue weighted by molar-refractivity contribution is 7.89. The van der Waals surface area contributed by atoms with Crippen molar-refractivity contribution in [1.29, 1.82) is 0 Å². The van der Waals surface area contributed by atoms with E-state index in [-0.39, 0.29) is 35.9 Å². The topological polar surface area (TPSA) is 100.0 Å². The number of carbonyl (C=O) groups is 1. The SMILES string of the molecule is COc1ccc(C(=O)OCc2ccn(-c3ccccc3)n2)cc1S(=O)(=O)N1CCOCC1. The van der Waals surface area contributed by atoms with Crippen molar-refractivity contribution in [2.24, 2.45) is 0 Å². The maximum atomic E-state index is 13.1. The van der Waals surface area contributed by atoms with Crippen LogP contribution in [0.3, 0.4) is 0 Å². The van der Waals surface area contributed by atoms with Crippen LogP contribution < -0.4 is 4.74 Å². The zero-order valence-electron chi connectivity index (χ0n) is 17.5. The fourth-order valence-corrected chi connectivity index (χ4v) is 4.91. The molecule has 1 aliphatic rings. The van der Waals surface area contributed by atoms with Crippen molar-refractivity contribution in [2.45, 2.75) is 11.5 Å². The molecule has 0 saturated carbocycles. The van der Waals surface area contributed by atoms with Gasteiger partial charge in [-0.15, -0.1) is 0 Å². The summed E-state index contributed by atoms with van der Waals surface area (Å²) in [4.78, 5) is 12.5. The van der Waals surface area contributed by atoms with Gasteiger partial charge < -0.3 is 14.2 Å². The number of sulfonamides is 1. The van der Waals surface area contributed by atoms with Crippen LogP contribution in [0.2, 0.25) is 0 Å². The first-order valence-electron chi connectivity index (χ1n) is 10.0. The van der Waals surface area contributed by atoms with E-state index in [1.165, 1.54) is 29.6 Å². The first-order chi connectivity index (χ1) is 15.5. The summed E-state index contributed by atoms with van der Waals surface area (Å²) in [5, 5.41) is 4.40. The Labute approximate surface area is 186 Å². The van der Waals surface area contributed by atoms with E-state index in [0.29, 0.717) is 18.9 Å². The van der Waals surface area contributed by atoms with Gasteiger partial charge in [0.15, 0.2) is 0 Å². The van der Waals surface area contributed by atoms with Crippen LogP contribution in [-0.2, 0) is 26.1 Å². The van der Waals surface area contributed by atoms with Crippen molar-refractivity contribution < 1.29 is 27.4 Å². The Morgan fingerprint density at radius 2 is 1.84 bits per heavy atom. The molecule has 2 aromatic carbocycles. The van der Waals surface area contributed by atoms with Gasteiger partial charge in [-0.25, -0.2) is 17.9 Å². The monoisotopic (exact) mass is 457 g/mol. The van der Waals surface area contributed by atoms with E-state index in [4.69, 9.17) is 14.2 Å². The minimum Gasteiger partial charge on any atom is -0.495 e. The summed E-state index contributed by atoms with van der Waals surface area (Å²) < 4.78 is 45.0. The summed E-state index contributed by atoms with van der Waals surface area (Å²) >= 11 is 0. The van der Waals surface area contributed by atoms with Crippen LogP contribution in [0.5, 0.6) is 5.75 Å². The average Bonchev–Trinajstić information content (AvgIpc) is 3.32. The number of rotatable bonds is 7. The Bertz CT molecular complexity index is 1190. The second kappa shape index (κ2) is 9.51. The smallest absolute Gasteiger partial charge is 0.338 e. The molecule has 3 aromatic rings. The molecule has 0 aliphatic carbocycles. The number of para-hydroxylation sites is 1. The largest absolute Gasteiger partial charge is 0.495 e. The van der Waals surface area contributed by atoms with E-state index < -0.39 is 16.0 Å². The summed E-state index contributed by atoms with van der Waals surface area (Å²) in [5.41, 5.74) is 1.56. The lowest BCUT2D eigenvalue weighted by atomic mass is 10.2. The third-order valence-electron chi connectivity index (χ3n) is 5.00. The average molecular weight is 458 g/mol. The Balaban J connectivity index is 1.49. The third-order valence-corrected chi connectivity index (χ3v) is 6.92. The summed E-state index contributed by atoms with van der Waals surface area (Å²) in [7, 11) is -2.47. The maximum Gasteiger partial charge on any atom is 0.338 e. The lowest BCUT2D eigenvalue weighted by molar-refractivity contribution is 0.0467. The molecule has 0 N–H and O–H groups in total. The zero-order valence-corrected chi connectivity index (χ0v) is 18.3. The summed E-state index contributed by atoms with van der Waals surface area (Å²) in [6, 6.07) is 15.5. The number of nitrogens with zero attached hydrogens (tertiary/aromatic N) is 3. The number of ether oxygens (including phenoxy) is 3. The predicted molar refractivity (Wildman–Crippen MR) is 115 cm³/mol. The van der Waals surface area contributed by atoms with E-state index in [0.717, 1.165) is 5.69 Å². The fourth-order valence-electron chi connectivity index (χ4n) is 3.32. The molecule has 2 heterocycles. The quantitative estimate of drug-likeness (QED) is 0.502. The number of hydrogen-bond acceptors (Lipinski definition) is 7. The molecule has 0 amide bonds. The molecule has 0 bridgehead atoms. The second-order valence-corrected chi connectivity index (χ2v) is 8.95. The molecule has 1 fully saturated rings. The minimum atomic E-state index is -3.85. The predicted octanol–water partition coefficient (Wildman–Crippen LogP) is 2.26. The number of benzene rings is 2. The lowest BCUT2D eigenvalue weighted by Gasteiger charge is -2.26. The molecule has 0 radical (unpaired) electrons. The van der Waals surface area contributed by atoms with Gasteiger partial charge in [0, 0.05) is 19.3 Å². The first kappa shape index (κ1) is 22.0. The molecule has 0 unspecified atom stereocenters. The summed E-state index contributed by atoms with van der Waals surface area (Å²) in [6.07, 6.45) is 1.78. The Morgan fingerprint density at radius 1 is 1.09 bits per heavy atom. The van der Waals surface area contributed by atoms with Crippen LogP contribution in [0.1, 0.15) is 16.1 Å². The standard InChI is InChI=1S/C22H23N3O6S/c1-29-20-8-7-17(15-21(20)32(27,28)24-11-13-30-14-12-24)22(26)31-16-18-9-10-25(23-18)19-5-3-2-4-6-19/h2-10,15H,11-14,16H2,1H3. The first-order valence-corrected chi connectivity index (χ1v) is 11.5. The van der Waals surface area contributed by atoms with Gasteiger partial charge >= 0.3 is 5.97 Å². The van der Waals surface area contributed by atoms with E-state index in [1.807, 2.05) is 30.3 Å². The van der Waals surface area contributed by atoms with Crippen LogP contribution >= 0.6 is 0 Å². The van der Waals surface area contributed by atoms with Gasteiger partial charge in [0.1, 0.15) is 22.9 Å². The van der Waals surface area contributed by atoms with Crippen LogP contribution in [0.4, 0.5) is 0 Å². The van der Waals surface area contributed by atoms with E-state index in [9.17, 15) is 13.2 Å². The van der Waals surface area contributed by atoms with Crippen LogP contribution in [0.25, 0.3) is 5.69 Å². The Hall–Kier alpha value is -3.21. The molecule has 1 aliphatic heterocycles. The van der Waals surface area contributed by atoms with Crippen LogP contribution in [0, 0.1) is 0 Å². The van der Waals surface area contributed by atoms with Gasteiger partial charge in [0.25, 0.3) is 0 Å². The molecule has 0 spiro atoms. The van der Waals surface area contributed by atoms with Crippen molar-refractivity contribution >= 4 is 16.0 Å². The number of esters is 1. The van der Waals surface area contributed by atoms with Gasteiger partial charge in [0.05, 0.1) is 31.6 Å². The highest BCUT2D eigenvalue weighted by atomic mass is 32.2. The summed E-state index contributed by atoms with van der Waals surface area (Å²) in [5.74, 6) is -0.491. The number of carbonyl (C=O) groups excluding carboxylic acids is 1. The lowest BCUT2D eigenvalue weighted by Crippen LogP contribution is -2.40. The van der Waals surface area contributed by atoms with Crippen molar-refractivity contribution in [1.82, 2.24) is 14.1 Å². The van der Waals surface area contributed by atoms with Crippen molar-refractivity contribution in [3.63, 3.8) is 0 Å². The van der Waals surface area contributed by atoms with Crippen LogP contribution in [0.15, 0.2) is 65.7 Å². The van der Waals surface area contributed by atoms with Crippen molar-refractivity contribution in [3.05, 3.63) is 72.1 Å². The molecular formula is C22H23N3O6S. The molecular weight excluding hydrogens is 434 g/mol. The van der Waals surface area contributed by atoms with Gasteiger partial charge in [0.2, 0.25) is 10.0 Å². The number of morpholine rings is 1. The molecule has 1 saturated heterocycles. The van der Waals surface area contributed by atoms with Gasteiger partial charge in [-0.1, -0.05) is 18.2 Å². The van der Waals surface area contributed by atoms with Gasteiger partial charge in [-0.3, -0.25) is 0 Å². The van der Waals surface area contributed by atoms with E-state index in [2.05, 4.69) is 5.10 Å². The maximum absolute atomic E-state index is 13.1. The minimum absolute atomic E-state index is 0.0454. The molecule has 168 valence electrons. The third kappa shape index (κ3) is 4.67. The van der Waals surface area contributed by atoms with Crippen molar-refractivity contribution in [2.75, 3.05) is 33.4 Å². The highest BCUT2D eigenvalue weighted by Crippen LogP contribution is 2.28. The fraction of sp³-hybridized carbons (Fsp3) is 0.273. The Kier molecular flexibility index (Phi) is 6.54. The van der Waals surface area contributed by atoms with Crippen LogP contribution in [-0.4, -0.2) is 61.9 Å². The number of methoxy groups -OCH3 is 1. The van der Waals surface area contributed by atoms with Gasteiger partial charge in [-0.05, 0) is 36.4 Å². The molecule has 1 aromatic heterocycles. The molecule has 10 heteroatoms. The second-order valence-electron chi connectivity index (χ2n) is 7.05. The van der Waals surface area contributed by atoms with E-state index >= 15 is 0 Å². The zero-order chi connectivity index (χ0) is 22.6. The number of hydrogen-bond donors (Lipinski definition) is 0. The summed E-state index contributed by atoms with van der Waals surface area (Å²) in [6.45, 7) is 1.07. The normalized spacial score (nSPS) is 14.8. The Morgan fingerprint density at radius 3 is 2.56 bits per heavy atom. The highest BCUT2D eigenvalue weighted by Gasteiger charge is 2.30. The van der Waals surface area contributed by atoms with Crippen molar-refractivity contribution in [3.8, 4) is 11.4 Å². The van der Waals surface area contributed by atoms with E-state index in [1.54, 1.807) is 16.9 Å². The molecule has 0 atom stereocenters. The molecule has 32 heavy (non-hydrogen) atoms. The molecule has 4 rings (SSSR count). The van der Waals surface area contributed by atoms with Gasteiger partial charge in [-0.2, -0.15) is 9.40 Å². The molecule has 9 nitrogen and oxygen atoms in total.